The molecular weight excluding hydrogens is 138 g/mol. The van der Waals surface area contributed by atoms with Crippen LogP contribution in [-0.2, 0) is 4.79 Å². The molecule has 0 unspecified atom stereocenters. The van der Waals surface area contributed by atoms with E-state index in [1.165, 1.54) is 12.8 Å². The van der Waals surface area contributed by atoms with Crippen LogP contribution in [0.5, 0.6) is 0 Å². The van der Waals surface area contributed by atoms with Crippen molar-refractivity contribution < 1.29 is 4.79 Å². The van der Waals surface area contributed by atoms with Gasteiger partial charge in [-0.3, -0.25) is 4.79 Å². The van der Waals surface area contributed by atoms with E-state index in [9.17, 15) is 4.79 Å². The van der Waals surface area contributed by atoms with Gasteiger partial charge in [-0.2, -0.15) is 0 Å². The smallest absolute Gasteiger partial charge is 0.134 e. The summed E-state index contributed by atoms with van der Waals surface area (Å²) in [5, 5.41) is 3.15. The lowest BCUT2D eigenvalue weighted by atomic mass is 10.1. The highest BCUT2D eigenvalue weighted by Gasteiger charge is 2.23. The van der Waals surface area contributed by atoms with Crippen LogP contribution in [0.1, 0.15) is 32.6 Å². The van der Waals surface area contributed by atoms with Gasteiger partial charge in [0, 0.05) is 19.4 Å². The zero-order valence-electron chi connectivity index (χ0n) is 7.23. The molecule has 64 valence electrons. The van der Waals surface area contributed by atoms with Crippen molar-refractivity contribution in [2.24, 2.45) is 5.92 Å². The minimum Gasteiger partial charge on any atom is -0.317 e. The van der Waals surface area contributed by atoms with Crippen LogP contribution >= 0.6 is 0 Å². The second-order valence-corrected chi connectivity index (χ2v) is 3.29. The quantitative estimate of drug-likeness (QED) is 0.587. The fourth-order valence-corrected chi connectivity index (χ4v) is 1.15. The predicted molar refractivity (Wildman–Crippen MR) is 45.5 cm³/mol. The van der Waals surface area contributed by atoms with E-state index in [-0.39, 0.29) is 0 Å². The largest absolute Gasteiger partial charge is 0.317 e. The van der Waals surface area contributed by atoms with Gasteiger partial charge in [0.1, 0.15) is 5.78 Å². The third kappa shape index (κ3) is 4.14. The Kier molecular flexibility index (Phi) is 3.57. The first kappa shape index (κ1) is 8.72. The first-order valence-electron chi connectivity index (χ1n) is 4.55. The van der Waals surface area contributed by atoms with E-state index in [2.05, 4.69) is 12.2 Å². The molecule has 1 aliphatic rings. The zero-order valence-corrected chi connectivity index (χ0v) is 7.23. The maximum Gasteiger partial charge on any atom is 0.134 e. The average Bonchev–Trinajstić information content (AvgIpc) is 2.72. The maximum atomic E-state index is 11.1. The first-order valence-corrected chi connectivity index (χ1v) is 4.55. The molecule has 0 spiro atoms. The molecule has 1 saturated carbocycles. The fourth-order valence-electron chi connectivity index (χ4n) is 1.15. The standard InChI is InChI=1S/C9H17NO/c1-2-10-6-5-9(11)7-8-3-4-8/h8,10H,2-7H2,1H3. The SMILES string of the molecule is CCNCCC(=O)CC1CC1. The van der Waals surface area contributed by atoms with Crippen molar-refractivity contribution in [1.82, 2.24) is 5.32 Å². The lowest BCUT2D eigenvalue weighted by Gasteiger charge is -1.99. The second kappa shape index (κ2) is 4.50. The highest BCUT2D eigenvalue weighted by Crippen LogP contribution is 2.32. The van der Waals surface area contributed by atoms with Gasteiger partial charge in [-0.1, -0.05) is 6.92 Å². The van der Waals surface area contributed by atoms with Gasteiger partial charge in [0.05, 0.1) is 0 Å². The van der Waals surface area contributed by atoms with E-state index in [4.69, 9.17) is 0 Å². The van der Waals surface area contributed by atoms with Crippen molar-refractivity contribution in [3.8, 4) is 0 Å². The fraction of sp³-hybridized carbons (Fsp3) is 0.889. The van der Waals surface area contributed by atoms with Crippen LogP contribution in [0.3, 0.4) is 0 Å². The monoisotopic (exact) mass is 155 g/mol. The van der Waals surface area contributed by atoms with Crippen LogP contribution in [0, 0.1) is 5.92 Å². The van der Waals surface area contributed by atoms with Crippen LogP contribution in [0.15, 0.2) is 0 Å². The number of nitrogens with one attached hydrogen (secondary N) is 1. The Morgan fingerprint density at radius 3 is 2.82 bits per heavy atom. The molecule has 1 aliphatic carbocycles. The summed E-state index contributed by atoms with van der Waals surface area (Å²) in [6.07, 6.45) is 4.13. The molecule has 1 N–H and O–H groups in total. The molecule has 0 aromatic carbocycles. The van der Waals surface area contributed by atoms with Crippen molar-refractivity contribution in [3.05, 3.63) is 0 Å². The van der Waals surface area contributed by atoms with E-state index in [1.807, 2.05) is 0 Å². The minimum atomic E-state index is 0.438. The molecule has 2 nitrogen and oxygen atoms in total. The summed E-state index contributed by atoms with van der Waals surface area (Å²) in [7, 11) is 0. The molecule has 0 heterocycles. The van der Waals surface area contributed by atoms with Gasteiger partial charge in [-0.25, -0.2) is 0 Å². The third-order valence-corrected chi connectivity index (χ3v) is 2.04. The first-order chi connectivity index (χ1) is 5.33. The predicted octanol–water partition coefficient (Wildman–Crippen LogP) is 1.36. The van der Waals surface area contributed by atoms with E-state index >= 15 is 0 Å². The number of hydrogen-bond donors (Lipinski definition) is 1. The number of rotatable bonds is 6. The molecule has 2 heteroatoms. The molecular formula is C9H17NO. The van der Waals surface area contributed by atoms with Gasteiger partial charge in [0.15, 0.2) is 0 Å². The summed E-state index contributed by atoms with van der Waals surface area (Å²) >= 11 is 0. The van der Waals surface area contributed by atoms with Crippen LogP contribution in [0.25, 0.3) is 0 Å². The number of Topliss-reactive ketones (excluding diaryl/α,β-unsaturated/α-hetero) is 1. The van der Waals surface area contributed by atoms with E-state index in [0.29, 0.717) is 5.78 Å². The van der Waals surface area contributed by atoms with Crippen molar-refractivity contribution >= 4 is 5.78 Å². The Balaban J connectivity index is 1.92. The van der Waals surface area contributed by atoms with Gasteiger partial charge < -0.3 is 5.32 Å². The van der Waals surface area contributed by atoms with E-state index < -0.39 is 0 Å². The summed E-state index contributed by atoms with van der Waals surface area (Å²) in [6.45, 7) is 3.89. The molecule has 0 aromatic heterocycles. The molecule has 0 saturated heterocycles. The molecule has 0 amide bonds. The minimum absolute atomic E-state index is 0.438. The molecule has 0 atom stereocenters. The highest BCUT2D eigenvalue weighted by molar-refractivity contribution is 5.79. The molecule has 1 fully saturated rings. The molecule has 0 aromatic rings. The Morgan fingerprint density at radius 1 is 1.55 bits per heavy atom. The molecule has 1 rings (SSSR count). The van der Waals surface area contributed by atoms with Crippen LogP contribution < -0.4 is 5.32 Å². The number of ketones is 1. The zero-order chi connectivity index (χ0) is 8.10. The average molecular weight is 155 g/mol. The van der Waals surface area contributed by atoms with Gasteiger partial charge in [-0.05, 0) is 25.3 Å². The summed E-state index contributed by atoms with van der Waals surface area (Å²) in [6, 6.07) is 0. The lowest BCUT2D eigenvalue weighted by Crippen LogP contribution is -2.17. The van der Waals surface area contributed by atoms with E-state index in [1.54, 1.807) is 0 Å². The summed E-state index contributed by atoms with van der Waals surface area (Å²) in [5.41, 5.74) is 0. The van der Waals surface area contributed by atoms with Crippen molar-refractivity contribution in [2.45, 2.75) is 32.6 Å². The van der Waals surface area contributed by atoms with Gasteiger partial charge >= 0.3 is 0 Å². The second-order valence-electron chi connectivity index (χ2n) is 3.29. The third-order valence-electron chi connectivity index (χ3n) is 2.04. The summed E-state index contributed by atoms with van der Waals surface area (Å²) in [4.78, 5) is 11.1. The van der Waals surface area contributed by atoms with Gasteiger partial charge in [0.25, 0.3) is 0 Å². The molecule has 11 heavy (non-hydrogen) atoms. The Hall–Kier alpha value is -0.370. The van der Waals surface area contributed by atoms with Crippen LogP contribution in [0.2, 0.25) is 0 Å². The van der Waals surface area contributed by atoms with Gasteiger partial charge in [-0.15, -0.1) is 0 Å². The number of hydrogen-bond acceptors (Lipinski definition) is 2. The van der Waals surface area contributed by atoms with Crippen molar-refractivity contribution in [1.29, 1.82) is 0 Å². The lowest BCUT2D eigenvalue weighted by molar-refractivity contribution is -0.119. The van der Waals surface area contributed by atoms with Crippen LogP contribution in [-0.4, -0.2) is 18.9 Å². The molecule has 0 bridgehead atoms. The highest BCUT2D eigenvalue weighted by atomic mass is 16.1. The van der Waals surface area contributed by atoms with E-state index in [0.717, 1.165) is 31.8 Å². The maximum absolute atomic E-state index is 11.1. The van der Waals surface area contributed by atoms with Crippen molar-refractivity contribution in [3.63, 3.8) is 0 Å². The van der Waals surface area contributed by atoms with Crippen molar-refractivity contribution in [2.75, 3.05) is 13.1 Å². The number of carbonyl (C=O) groups is 1. The van der Waals surface area contributed by atoms with Crippen LogP contribution in [0.4, 0.5) is 0 Å². The summed E-state index contributed by atoms with van der Waals surface area (Å²) < 4.78 is 0. The topological polar surface area (TPSA) is 29.1 Å². The Labute approximate surface area is 68.4 Å². The Bertz CT molecular complexity index is 130. The molecule has 0 radical (unpaired) electrons. The Morgan fingerprint density at radius 2 is 2.27 bits per heavy atom. The normalized spacial score (nSPS) is 16.8. The molecule has 0 aliphatic heterocycles. The van der Waals surface area contributed by atoms with Gasteiger partial charge in [0.2, 0.25) is 0 Å². The number of carbonyl (C=O) groups excluding carboxylic acids is 1. The summed E-state index contributed by atoms with van der Waals surface area (Å²) in [5.74, 6) is 1.19.